The maximum absolute atomic E-state index is 14.2. The molecule has 0 saturated heterocycles. The van der Waals surface area contributed by atoms with Crippen LogP contribution >= 0.6 is 23.2 Å². The fourth-order valence-electron chi connectivity index (χ4n) is 2.58. The summed E-state index contributed by atoms with van der Waals surface area (Å²) in [7, 11) is 1.70. The Bertz CT molecular complexity index is 1220. The van der Waals surface area contributed by atoms with Crippen molar-refractivity contribution in [2.45, 2.75) is 0 Å². The smallest absolute Gasteiger partial charge is 0.311 e. The van der Waals surface area contributed by atoms with E-state index in [-0.39, 0.29) is 22.3 Å². The van der Waals surface area contributed by atoms with Crippen molar-refractivity contribution in [1.29, 1.82) is 0 Å². The fraction of sp³-hybridized carbons (Fsp3) is 0.0556. The number of fused-ring (bicyclic) bond motifs is 1. The van der Waals surface area contributed by atoms with Crippen LogP contribution in [0.25, 0.3) is 16.9 Å². The Labute approximate surface area is 162 Å². The SMILES string of the molecule is Cn1cnc2c(=O)n(-c3ccc(Cl)cc3)c(Oc3ccc(Cl)cc3F)nc21. The van der Waals surface area contributed by atoms with Gasteiger partial charge in [-0.3, -0.25) is 4.79 Å². The minimum Gasteiger partial charge on any atom is -0.422 e. The summed E-state index contributed by atoms with van der Waals surface area (Å²) in [5.74, 6) is -0.792. The predicted molar refractivity (Wildman–Crippen MR) is 101 cm³/mol. The Morgan fingerprint density at radius 1 is 1.07 bits per heavy atom. The van der Waals surface area contributed by atoms with Gasteiger partial charge in [0.2, 0.25) is 0 Å². The van der Waals surface area contributed by atoms with E-state index >= 15 is 0 Å². The number of hydrogen-bond donors (Lipinski definition) is 0. The van der Waals surface area contributed by atoms with Crippen molar-refractivity contribution in [3.8, 4) is 17.4 Å². The molecule has 4 aromatic rings. The second-order valence-electron chi connectivity index (χ2n) is 5.72. The summed E-state index contributed by atoms with van der Waals surface area (Å²) >= 11 is 11.7. The molecule has 2 aromatic carbocycles. The molecule has 0 unspecified atom stereocenters. The topological polar surface area (TPSA) is 61.9 Å². The van der Waals surface area contributed by atoms with E-state index in [0.717, 1.165) is 6.07 Å². The van der Waals surface area contributed by atoms with Crippen molar-refractivity contribution in [3.63, 3.8) is 0 Å². The highest BCUT2D eigenvalue weighted by Gasteiger charge is 2.19. The lowest BCUT2D eigenvalue weighted by atomic mass is 10.3. The number of aryl methyl sites for hydroxylation is 1. The average molecular weight is 405 g/mol. The van der Waals surface area contributed by atoms with E-state index in [1.165, 1.54) is 23.0 Å². The second-order valence-corrected chi connectivity index (χ2v) is 6.59. The van der Waals surface area contributed by atoms with Gasteiger partial charge in [-0.1, -0.05) is 23.2 Å². The van der Waals surface area contributed by atoms with Crippen LogP contribution in [-0.2, 0) is 7.05 Å². The van der Waals surface area contributed by atoms with Crippen LogP contribution in [0.4, 0.5) is 4.39 Å². The zero-order valence-corrected chi connectivity index (χ0v) is 15.4. The van der Waals surface area contributed by atoms with Crippen molar-refractivity contribution in [1.82, 2.24) is 19.1 Å². The Balaban J connectivity index is 1.96. The Kier molecular flexibility index (Phi) is 4.33. The molecular weight excluding hydrogens is 394 g/mol. The van der Waals surface area contributed by atoms with Crippen LogP contribution in [0.3, 0.4) is 0 Å². The van der Waals surface area contributed by atoms with Crippen LogP contribution in [0.5, 0.6) is 11.8 Å². The average Bonchev–Trinajstić information content (AvgIpc) is 3.00. The first-order valence-electron chi connectivity index (χ1n) is 7.77. The largest absolute Gasteiger partial charge is 0.422 e. The summed E-state index contributed by atoms with van der Waals surface area (Å²) in [5.41, 5.74) is 0.479. The minimum absolute atomic E-state index is 0.111. The molecule has 136 valence electrons. The Morgan fingerprint density at radius 2 is 1.78 bits per heavy atom. The number of hydrogen-bond acceptors (Lipinski definition) is 4. The molecule has 0 amide bonds. The molecule has 4 rings (SSSR count). The van der Waals surface area contributed by atoms with Crippen LogP contribution < -0.4 is 10.3 Å². The third kappa shape index (κ3) is 3.15. The molecule has 0 radical (unpaired) electrons. The Hall–Kier alpha value is -2.90. The number of imidazole rings is 1. The first-order valence-corrected chi connectivity index (χ1v) is 8.52. The maximum atomic E-state index is 14.2. The molecule has 0 spiro atoms. The summed E-state index contributed by atoms with van der Waals surface area (Å²) in [6.45, 7) is 0. The van der Waals surface area contributed by atoms with Crippen LogP contribution in [0.2, 0.25) is 10.0 Å². The first kappa shape index (κ1) is 17.5. The van der Waals surface area contributed by atoms with Crippen LogP contribution in [0.15, 0.2) is 53.6 Å². The third-order valence-electron chi connectivity index (χ3n) is 3.88. The Morgan fingerprint density at radius 3 is 2.48 bits per heavy atom. The lowest BCUT2D eigenvalue weighted by molar-refractivity contribution is 0.399. The molecule has 2 heterocycles. The summed E-state index contributed by atoms with van der Waals surface area (Å²) in [6.07, 6.45) is 1.47. The van der Waals surface area contributed by atoms with Gasteiger partial charge in [0.1, 0.15) is 0 Å². The van der Waals surface area contributed by atoms with Gasteiger partial charge in [0.25, 0.3) is 5.56 Å². The van der Waals surface area contributed by atoms with Gasteiger partial charge in [-0.15, -0.1) is 0 Å². The van der Waals surface area contributed by atoms with E-state index in [1.54, 1.807) is 35.9 Å². The summed E-state index contributed by atoms with van der Waals surface area (Å²) < 4.78 is 22.6. The highest BCUT2D eigenvalue weighted by atomic mass is 35.5. The standard InChI is InChI=1S/C18H11Cl2FN4O2/c1-24-9-22-15-16(24)23-18(27-14-7-4-11(20)8-13(14)21)25(17(15)26)12-5-2-10(19)3-6-12/h2-9H,1H3. The van der Waals surface area contributed by atoms with E-state index in [0.29, 0.717) is 16.4 Å². The molecule has 27 heavy (non-hydrogen) atoms. The number of halogens is 3. The van der Waals surface area contributed by atoms with Gasteiger partial charge in [-0.05, 0) is 42.5 Å². The number of nitrogens with zero attached hydrogens (tertiary/aromatic N) is 4. The summed E-state index contributed by atoms with van der Waals surface area (Å²) in [4.78, 5) is 21.5. The number of aromatic nitrogens is 4. The van der Waals surface area contributed by atoms with Gasteiger partial charge in [-0.2, -0.15) is 4.98 Å². The molecule has 0 N–H and O–H groups in total. The van der Waals surface area contributed by atoms with Gasteiger partial charge in [0, 0.05) is 17.1 Å². The fourth-order valence-corrected chi connectivity index (χ4v) is 2.87. The maximum Gasteiger partial charge on any atom is 0.311 e. The van der Waals surface area contributed by atoms with Gasteiger partial charge in [0.05, 0.1) is 12.0 Å². The van der Waals surface area contributed by atoms with E-state index in [1.807, 2.05) is 0 Å². The third-order valence-corrected chi connectivity index (χ3v) is 4.37. The van der Waals surface area contributed by atoms with Crippen molar-refractivity contribution in [2.24, 2.45) is 7.05 Å². The minimum atomic E-state index is -0.676. The summed E-state index contributed by atoms with van der Waals surface area (Å²) in [5, 5.41) is 0.731. The van der Waals surface area contributed by atoms with E-state index in [9.17, 15) is 9.18 Å². The molecule has 0 aliphatic heterocycles. The monoisotopic (exact) mass is 404 g/mol. The molecule has 2 aromatic heterocycles. The van der Waals surface area contributed by atoms with Gasteiger partial charge < -0.3 is 9.30 Å². The normalized spacial score (nSPS) is 11.1. The van der Waals surface area contributed by atoms with Crippen LogP contribution in [-0.4, -0.2) is 19.1 Å². The van der Waals surface area contributed by atoms with E-state index in [2.05, 4.69) is 9.97 Å². The predicted octanol–water partition coefficient (Wildman–Crippen LogP) is 4.36. The van der Waals surface area contributed by atoms with Crippen molar-refractivity contribution in [2.75, 3.05) is 0 Å². The first-order chi connectivity index (χ1) is 12.9. The molecule has 0 atom stereocenters. The van der Waals surface area contributed by atoms with Crippen molar-refractivity contribution < 1.29 is 9.13 Å². The van der Waals surface area contributed by atoms with E-state index < -0.39 is 11.4 Å². The molecule has 0 saturated carbocycles. The molecule has 0 bridgehead atoms. The summed E-state index contributed by atoms with van der Waals surface area (Å²) in [6, 6.07) is 10.4. The zero-order valence-electron chi connectivity index (χ0n) is 13.9. The molecular formula is C18H11Cl2FN4O2. The molecule has 6 nitrogen and oxygen atoms in total. The van der Waals surface area contributed by atoms with Crippen molar-refractivity contribution in [3.05, 3.63) is 75.0 Å². The molecule has 9 heteroatoms. The van der Waals surface area contributed by atoms with E-state index in [4.69, 9.17) is 27.9 Å². The highest BCUT2D eigenvalue weighted by Crippen LogP contribution is 2.27. The van der Waals surface area contributed by atoms with Crippen molar-refractivity contribution >= 4 is 34.4 Å². The quantitative estimate of drug-likeness (QED) is 0.508. The van der Waals surface area contributed by atoms with Crippen LogP contribution in [0.1, 0.15) is 0 Å². The highest BCUT2D eigenvalue weighted by molar-refractivity contribution is 6.30. The van der Waals surface area contributed by atoms with Gasteiger partial charge in [0.15, 0.2) is 22.7 Å². The van der Waals surface area contributed by atoms with Crippen LogP contribution in [0, 0.1) is 5.82 Å². The molecule has 0 fully saturated rings. The second kappa shape index (κ2) is 6.68. The number of rotatable bonds is 3. The molecule has 0 aliphatic rings. The lowest BCUT2D eigenvalue weighted by Crippen LogP contribution is -2.22. The number of benzene rings is 2. The lowest BCUT2D eigenvalue weighted by Gasteiger charge is -2.13. The van der Waals surface area contributed by atoms with Gasteiger partial charge in [-0.25, -0.2) is 13.9 Å². The van der Waals surface area contributed by atoms with Gasteiger partial charge >= 0.3 is 6.01 Å². The zero-order chi connectivity index (χ0) is 19.1. The number of ether oxygens (including phenoxy) is 1. The molecule has 0 aliphatic carbocycles.